The SMILES string of the molecule is O=C1CC(=S)C=CN1Cc1ccccc1. The van der Waals surface area contributed by atoms with Gasteiger partial charge in [-0.1, -0.05) is 42.5 Å². The number of nitrogens with zero attached hydrogens (tertiary/aromatic N) is 1. The van der Waals surface area contributed by atoms with Crippen LogP contribution < -0.4 is 0 Å². The normalized spacial score (nSPS) is 15.9. The quantitative estimate of drug-likeness (QED) is 0.708. The van der Waals surface area contributed by atoms with Gasteiger partial charge in [-0.3, -0.25) is 4.79 Å². The second kappa shape index (κ2) is 4.36. The lowest BCUT2D eigenvalue weighted by molar-refractivity contribution is -0.128. The van der Waals surface area contributed by atoms with E-state index in [0.717, 1.165) is 5.56 Å². The number of carbonyl (C=O) groups excluding carboxylic acids is 1. The molecule has 1 amide bonds. The van der Waals surface area contributed by atoms with Gasteiger partial charge in [0.05, 0.1) is 13.0 Å². The van der Waals surface area contributed by atoms with Crippen molar-refractivity contribution >= 4 is 23.0 Å². The summed E-state index contributed by atoms with van der Waals surface area (Å²) in [6, 6.07) is 9.92. The van der Waals surface area contributed by atoms with Crippen LogP contribution in [0.4, 0.5) is 0 Å². The summed E-state index contributed by atoms with van der Waals surface area (Å²) in [6.45, 7) is 0.624. The Morgan fingerprint density at radius 2 is 2.00 bits per heavy atom. The van der Waals surface area contributed by atoms with Crippen LogP contribution in [-0.2, 0) is 11.3 Å². The molecule has 0 N–H and O–H groups in total. The summed E-state index contributed by atoms with van der Waals surface area (Å²) >= 11 is 4.97. The Hall–Kier alpha value is -1.48. The van der Waals surface area contributed by atoms with Gasteiger partial charge in [-0.25, -0.2) is 0 Å². The number of thiocarbonyl (C=S) groups is 1. The van der Waals surface area contributed by atoms with Crippen molar-refractivity contribution in [1.29, 1.82) is 0 Å². The molecular weight excluding hydrogens is 206 g/mol. The molecule has 1 aliphatic heterocycles. The van der Waals surface area contributed by atoms with Crippen molar-refractivity contribution in [3.05, 3.63) is 48.2 Å². The Morgan fingerprint density at radius 1 is 1.27 bits per heavy atom. The van der Waals surface area contributed by atoms with Crippen molar-refractivity contribution in [2.75, 3.05) is 0 Å². The molecule has 2 nitrogen and oxygen atoms in total. The number of rotatable bonds is 2. The fraction of sp³-hybridized carbons (Fsp3) is 0.167. The lowest BCUT2D eigenvalue weighted by atomic mass is 10.1. The van der Waals surface area contributed by atoms with Gasteiger partial charge >= 0.3 is 0 Å². The summed E-state index contributed by atoms with van der Waals surface area (Å²) in [5.74, 6) is 0.0753. The molecule has 1 aromatic rings. The maximum Gasteiger partial charge on any atom is 0.232 e. The largest absolute Gasteiger partial charge is 0.314 e. The standard InChI is InChI=1S/C12H11NOS/c14-12-8-11(15)6-7-13(12)9-10-4-2-1-3-5-10/h1-7H,8-9H2. The zero-order valence-electron chi connectivity index (χ0n) is 8.22. The molecule has 1 aliphatic rings. The zero-order valence-corrected chi connectivity index (χ0v) is 9.04. The number of allylic oxidation sites excluding steroid dienone is 1. The molecule has 0 fully saturated rings. The highest BCUT2D eigenvalue weighted by Crippen LogP contribution is 2.11. The summed E-state index contributed by atoms with van der Waals surface area (Å²) in [6.07, 6.45) is 3.94. The van der Waals surface area contributed by atoms with Gasteiger partial charge in [0.2, 0.25) is 5.91 Å². The predicted octanol–water partition coefficient (Wildman–Crippen LogP) is 2.30. The second-order valence-corrected chi connectivity index (χ2v) is 3.99. The molecule has 0 spiro atoms. The number of carbonyl (C=O) groups is 1. The maximum atomic E-state index is 11.6. The third-order valence-electron chi connectivity index (χ3n) is 2.28. The average Bonchev–Trinajstić information content (AvgIpc) is 2.24. The van der Waals surface area contributed by atoms with Crippen molar-refractivity contribution in [2.45, 2.75) is 13.0 Å². The zero-order chi connectivity index (χ0) is 10.7. The number of amides is 1. The van der Waals surface area contributed by atoms with Gasteiger partial charge in [0.15, 0.2) is 0 Å². The van der Waals surface area contributed by atoms with E-state index in [1.54, 1.807) is 11.1 Å². The topological polar surface area (TPSA) is 20.3 Å². The molecule has 0 aliphatic carbocycles. The molecule has 3 heteroatoms. The van der Waals surface area contributed by atoms with Crippen LogP contribution in [0.15, 0.2) is 42.6 Å². The minimum absolute atomic E-state index is 0.0753. The molecule has 0 bridgehead atoms. The van der Waals surface area contributed by atoms with Crippen LogP contribution in [0, 0.1) is 0 Å². The van der Waals surface area contributed by atoms with Gasteiger partial charge in [0.25, 0.3) is 0 Å². The maximum absolute atomic E-state index is 11.6. The van der Waals surface area contributed by atoms with E-state index in [1.807, 2.05) is 36.4 Å². The molecule has 0 unspecified atom stereocenters. The first-order valence-corrected chi connectivity index (χ1v) is 5.21. The molecule has 0 aromatic heterocycles. The van der Waals surface area contributed by atoms with Gasteiger partial charge in [-0.15, -0.1) is 0 Å². The molecule has 2 rings (SSSR count). The Bertz CT molecular complexity index is 411. The summed E-state index contributed by atoms with van der Waals surface area (Å²) in [5.41, 5.74) is 1.13. The van der Waals surface area contributed by atoms with Crippen LogP contribution in [0.3, 0.4) is 0 Å². The molecule has 0 saturated heterocycles. The van der Waals surface area contributed by atoms with Gasteiger partial charge in [-0.2, -0.15) is 0 Å². The number of hydrogen-bond donors (Lipinski definition) is 0. The van der Waals surface area contributed by atoms with E-state index in [-0.39, 0.29) is 5.91 Å². The van der Waals surface area contributed by atoms with Crippen molar-refractivity contribution in [3.63, 3.8) is 0 Å². The summed E-state index contributed by atoms with van der Waals surface area (Å²) in [4.78, 5) is 14.0. The fourth-order valence-corrected chi connectivity index (χ4v) is 1.67. The molecule has 76 valence electrons. The molecule has 1 aromatic carbocycles. The third kappa shape index (κ3) is 2.50. The second-order valence-electron chi connectivity index (χ2n) is 3.47. The van der Waals surface area contributed by atoms with E-state index in [9.17, 15) is 4.79 Å². The highest BCUT2D eigenvalue weighted by molar-refractivity contribution is 7.80. The summed E-state index contributed by atoms with van der Waals surface area (Å²) in [7, 11) is 0. The van der Waals surface area contributed by atoms with E-state index in [2.05, 4.69) is 0 Å². The first-order chi connectivity index (χ1) is 7.25. The lowest BCUT2D eigenvalue weighted by Crippen LogP contribution is -2.29. The first-order valence-electron chi connectivity index (χ1n) is 4.80. The fourth-order valence-electron chi connectivity index (χ4n) is 1.49. The van der Waals surface area contributed by atoms with Crippen molar-refractivity contribution in [3.8, 4) is 0 Å². The van der Waals surface area contributed by atoms with Crippen molar-refractivity contribution in [1.82, 2.24) is 4.90 Å². The van der Waals surface area contributed by atoms with Crippen LogP contribution in [-0.4, -0.2) is 15.7 Å². The van der Waals surface area contributed by atoms with E-state index < -0.39 is 0 Å². The molecule has 0 radical (unpaired) electrons. The van der Waals surface area contributed by atoms with Crippen LogP contribution in [0.25, 0.3) is 0 Å². The minimum Gasteiger partial charge on any atom is -0.314 e. The molecular formula is C12H11NOS. The Morgan fingerprint density at radius 3 is 2.67 bits per heavy atom. The Kier molecular flexibility index (Phi) is 2.92. The molecule has 15 heavy (non-hydrogen) atoms. The summed E-state index contributed by atoms with van der Waals surface area (Å²) in [5, 5.41) is 0. The predicted molar refractivity (Wildman–Crippen MR) is 63.3 cm³/mol. The Labute approximate surface area is 94.2 Å². The summed E-state index contributed by atoms with van der Waals surface area (Å²) < 4.78 is 0. The van der Waals surface area contributed by atoms with E-state index in [0.29, 0.717) is 17.8 Å². The number of hydrogen-bond acceptors (Lipinski definition) is 2. The van der Waals surface area contributed by atoms with E-state index >= 15 is 0 Å². The van der Waals surface area contributed by atoms with Gasteiger partial charge in [0, 0.05) is 11.1 Å². The number of benzene rings is 1. The van der Waals surface area contributed by atoms with Gasteiger partial charge in [-0.05, 0) is 11.6 Å². The lowest BCUT2D eigenvalue weighted by Gasteiger charge is -2.21. The van der Waals surface area contributed by atoms with Crippen molar-refractivity contribution < 1.29 is 4.79 Å². The van der Waals surface area contributed by atoms with Crippen LogP contribution in [0.5, 0.6) is 0 Å². The monoisotopic (exact) mass is 217 g/mol. The van der Waals surface area contributed by atoms with Crippen LogP contribution in [0.1, 0.15) is 12.0 Å². The highest BCUT2D eigenvalue weighted by atomic mass is 32.1. The molecule has 1 heterocycles. The molecule has 0 saturated carbocycles. The first kappa shape index (κ1) is 10.1. The highest BCUT2D eigenvalue weighted by Gasteiger charge is 2.16. The van der Waals surface area contributed by atoms with Crippen molar-refractivity contribution in [2.24, 2.45) is 0 Å². The minimum atomic E-state index is 0.0753. The van der Waals surface area contributed by atoms with Crippen LogP contribution >= 0.6 is 12.2 Å². The molecule has 0 atom stereocenters. The van der Waals surface area contributed by atoms with E-state index in [4.69, 9.17) is 12.2 Å². The smallest absolute Gasteiger partial charge is 0.232 e. The average molecular weight is 217 g/mol. The van der Waals surface area contributed by atoms with Gasteiger partial charge in [0.1, 0.15) is 0 Å². The van der Waals surface area contributed by atoms with Gasteiger partial charge < -0.3 is 4.90 Å². The third-order valence-corrected chi connectivity index (χ3v) is 2.56. The van der Waals surface area contributed by atoms with Crippen LogP contribution in [0.2, 0.25) is 0 Å². The Balaban J connectivity index is 2.10. The van der Waals surface area contributed by atoms with E-state index in [1.165, 1.54) is 0 Å².